The van der Waals surface area contributed by atoms with Crippen LogP contribution in [0.5, 0.6) is 0 Å². The number of aryl methyl sites for hydroxylation is 1. The summed E-state index contributed by atoms with van der Waals surface area (Å²) in [5, 5.41) is 1.78. The van der Waals surface area contributed by atoms with Crippen LogP contribution in [0.4, 0.5) is 0 Å². The number of methoxy groups -OCH3 is 1. The summed E-state index contributed by atoms with van der Waals surface area (Å²) in [6.45, 7) is 4.71. The number of carbonyl (C=O) groups excluding carboxylic acids is 4. The minimum Gasteiger partial charge on any atom is -0.465 e. The number of benzene rings is 1. The van der Waals surface area contributed by atoms with Crippen molar-refractivity contribution in [3.05, 3.63) is 80.3 Å². The Kier molecular flexibility index (Phi) is 6.50. The van der Waals surface area contributed by atoms with E-state index >= 15 is 0 Å². The molecule has 0 saturated carbocycles. The highest BCUT2D eigenvalue weighted by molar-refractivity contribution is 7.12. The molecule has 1 aromatic carbocycles. The van der Waals surface area contributed by atoms with Gasteiger partial charge in [0.2, 0.25) is 11.6 Å². The standard InChI is InChI=1S/C23H21NO6S/c1-12-18(23(28)29-4)13(2)24-19(12)20(25)14(3)30-22(27)16-9-6-5-8-15(16)21(26)17-10-7-11-31-17/h5-11,14,24H,1-4H3/t14-/m0/s1. The number of thiophene rings is 1. The first-order valence-corrected chi connectivity index (χ1v) is 10.3. The Hall–Kier alpha value is -3.52. The molecule has 0 aliphatic heterocycles. The molecule has 0 saturated heterocycles. The summed E-state index contributed by atoms with van der Waals surface area (Å²) < 4.78 is 10.1. The summed E-state index contributed by atoms with van der Waals surface area (Å²) in [6, 6.07) is 9.74. The van der Waals surface area contributed by atoms with Crippen LogP contribution in [0, 0.1) is 13.8 Å². The van der Waals surface area contributed by atoms with Gasteiger partial charge in [-0.25, -0.2) is 9.59 Å². The predicted molar refractivity (Wildman–Crippen MR) is 115 cm³/mol. The van der Waals surface area contributed by atoms with E-state index in [9.17, 15) is 19.2 Å². The van der Waals surface area contributed by atoms with Crippen molar-refractivity contribution in [1.82, 2.24) is 4.98 Å². The number of carbonyl (C=O) groups is 4. The Balaban J connectivity index is 1.83. The van der Waals surface area contributed by atoms with E-state index in [1.165, 1.54) is 31.4 Å². The van der Waals surface area contributed by atoms with Crippen molar-refractivity contribution < 1.29 is 28.7 Å². The topological polar surface area (TPSA) is 103 Å². The number of rotatable bonds is 7. The highest BCUT2D eigenvalue weighted by Gasteiger charge is 2.28. The van der Waals surface area contributed by atoms with Crippen LogP contribution in [0.15, 0.2) is 41.8 Å². The van der Waals surface area contributed by atoms with Crippen LogP contribution in [0.25, 0.3) is 0 Å². The summed E-state index contributed by atoms with van der Waals surface area (Å²) in [5.74, 6) is -2.13. The van der Waals surface area contributed by atoms with Crippen LogP contribution in [-0.4, -0.2) is 41.7 Å². The minimum atomic E-state index is -1.14. The first kappa shape index (κ1) is 22.2. The smallest absolute Gasteiger partial charge is 0.339 e. The Bertz CT molecular complexity index is 1160. The van der Waals surface area contributed by atoms with Gasteiger partial charge in [-0.05, 0) is 43.8 Å². The molecule has 3 rings (SSSR count). The van der Waals surface area contributed by atoms with Crippen molar-refractivity contribution in [3.63, 3.8) is 0 Å². The van der Waals surface area contributed by atoms with E-state index in [4.69, 9.17) is 9.47 Å². The number of aromatic amines is 1. The van der Waals surface area contributed by atoms with E-state index in [1.54, 1.807) is 49.6 Å². The first-order valence-electron chi connectivity index (χ1n) is 9.46. The molecule has 0 bridgehead atoms. The fraction of sp³-hybridized carbons (Fsp3) is 0.217. The fourth-order valence-electron chi connectivity index (χ4n) is 3.29. The number of H-pyrrole nitrogens is 1. The molecule has 1 N–H and O–H groups in total. The molecule has 31 heavy (non-hydrogen) atoms. The van der Waals surface area contributed by atoms with Gasteiger partial charge in [0.1, 0.15) is 0 Å². The lowest BCUT2D eigenvalue weighted by Gasteiger charge is -2.14. The molecule has 160 valence electrons. The molecular formula is C23H21NO6S. The van der Waals surface area contributed by atoms with Crippen LogP contribution in [0.1, 0.15) is 64.6 Å². The van der Waals surface area contributed by atoms with Gasteiger partial charge in [0.05, 0.1) is 28.8 Å². The number of ketones is 2. The number of aromatic nitrogens is 1. The first-order chi connectivity index (χ1) is 14.8. The third-order valence-electron chi connectivity index (χ3n) is 4.86. The maximum absolute atomic E-state index is 12.9. The zero-order chi connectivity index (χ0) is 22.7. The third kappa shape index (κ3) is 4.34. The molecule has 7 nitrogen and oxygen atoms in total. The second kappa shape index (κ2) is 9.09. The lowest BCUT2D eigenvalue weighted by atomic mass is 10.0. The number of hydrogen-bond acceptors (Lipinski definition) is 7. The lowest BCUT2D eigenvalue weighted by molar-refractivity contribution is 0.0315. The molecule has 1 atom stereocenters. The number of esters is 2. The second-order valence-electron chi connectivity index (χ2n) is 6.88. The van der Waals surface area contributed by atoms with Crippen LogP contribution in [0.3, 0.4) is 0 Å². The molecule has 2 heterocycles. The fourth-order valence-corrected chi connectivity index (χ4v) is 3.96. The van der Waals surface area contributed by atoms with Crippen molar-refractivity contribution in [2.45, 2.75) is 26.9 Å². The van der Waals surface area contributed by atoms with E-state index in [0.29, 0.717) is 16.1 Å². The summed E-state index contributed by atoms with van der Waals surface area (Å²) in [7, 11) is 1.26. The Morgan fingerprint density at radius 3 is 2.26 bits per heavy atom. The van der Waals surface area contributed by atoms with E-state index in [0.717, 1.165) is 0 Å². The second-order valence-corrected chi connectivity index (χ2v) is 7.83. The number of hydrogen-bond donors (Lipinski definition) is 1. The number of Topliss-reactive ketones (excluding diaryl/α,β-unsaturated/α-hetero) is 1. The largest absolute Gasteiger partial charge is 0.465 e. The Morgan fingerprint density at radius 1 is 0.968 bits per heavy atom. The molecule has 0 amide bonds. The average molecular weight is 439 g/mol. The van der Waals surface area contributed by atoms with Crippen molar-refractivity contribution in [1.29, 1.82) is 0 Å². The van der Waals surface area contributed by atoms with Gasteiger partial charge in [-0.3, -0.25) is 9.59 Å². The highest BCUT2D eigenvalue weighted by atomic mass is 32.1. The molecule has 0 aliphatic rings. The maximum Gasteiger partial charge on any atom is 0.339 e. The van der Waals surface area contributed by atoms with Gasteiger partial charge in [-0.1, -0.05) is 24.3 Å². The third-order valence-corrected chi connectivity index (χ3v) is 5.73. The molecule has 3 aromatic rings. The van der Waals surface area contributed by atoms with E-state index in [1.807, 2.05) is 0 Å². The number of nitrogens with one attached hydrogen (secondary N) is 1. The summed E-state index contributed by atoms with van der Waals surface area (Å²) in [5.41, 5.74) is 1.63. The van der Waals surface area contributed by atoms with Gasteiger partial charge in [-0.2, -0.15) is 0 Å². The van der Waals surface area contributed by atoms with Crippen LogP contribution >= 0.6 is 11.3 Å². The molecule has 0 unspecified atom stereocenters. The monoisotopic (exact) mass is 439 g/mol. The van der Waals surface area contributed by atoms with Crippen LogP contribution < -0.4 is 0 Å². The Morgan fingerprint density at radius 2 is 1.65 bits per heavy atom. The maximum atomic E-state index is 12.9. The van der Waals surface area contributed by atoms with E-state index in [2.05, 4.69) is 4.98 Å². The van der Waals surface area contributed by atoms with Gasteiger partial charge in [0, 0.05) is 11.3 Å². The quantitative estimate of drug-likeness (QED) is 0.438. The van der Waals surface area contributed by atoms with Crippen molar-refractivity contribution in [3.8, 4) is 0 Å². The Labute approximate surface area is 183 Å². The van der Waals surface area contributed by atoms with Crippen LogP contribution in [-0.2, 0) is 9.47 Å². The number of ether oxygens (including phenoxy) is 2. The van der Waals surface area contributed by atoms with Gasteiger partial charge >= 0.3 is 11.9 Å². The molecule has 8 heteroatoms. The molecule has 2 aromatic heterocycles. The molecule has 0 radical (unpaired) electrons. The SMILES string of the molecule is COC(=O)c1c(C)[nH]c(C(=O)[C@H](C)OC(=O)c2ccccc2C(=O)c2cccs2)c1C. The van der Waals surface area contributed by atoms with Gasteiger partial charge in [0.15, 0.2) is 6.10 Å². The molecule has 0 fully saturated rings. The molecule has 0 aliphatic carbocycles. The summed E-state index contributed by atoms with van der Waals surface area (Å²) >= 11 is 1.27. The predicted octanol–water partition coefficient (Wildman–Crippen LogP) is 4.14. The zero-order valence-electron chi connectivity index (χ0n) is 17.5. The van der Waals surface area contributed by atoms with Gasteiger partial charge in [0.25, 0.3) is 0 Å². The van der Waals surface area contributed by atoms with E-state index < -0.39 is 23.8 Å². The lowest BCUT2D eigenvalue weighted by Crippen LogP contribution is -2.26. The average Bonchev–Trinajstić information content (AvgIpc) is 3.40. The van der Waals surface area contributed by atoms with Crippen LogP contribution in [0.2, 0.25) is 0 Å². The molecular weight excluding hydrogens is 418 g/mol. The van der Waals surface area contributed by atoms with Gasteiger partial charge < -0.3 is 14.5 Å². The highest BCUT2D eigenvalue weighted by Crippen LogP contribution is 2.22. The van der Waals surface area contributed by atoms with E-state index in [-0.39, 0.29) is 28.2 Å². The normalized spacial score (nSPS) is 11.6. The summed E-state index contributed by atoms with van der Waals surface area (Å²) in [6.07, 6.45) is -1.14. The van der Waals surface area contributed by atoms with Gasteiger partial charge in [-0.15, -0.1) is 11.3 Å². The molecule has 0 spiro atoms. The van der Waals surface area contributed by atoms with Crippen molar-refractivity contribution in [2.75, 3.05) is 7.11 Å². The summed E-state index contributed by atoms with van der Waals surface area (Å²) in [4.78, 5) is 53.7. The minimum absolute atomic E-state index is 0.0789. The van der Waals surface area contributed by atoms with Crippen molar-refractivity contribution in [2.24, 2.45) is 0 Å². The zero-order valence-corrected chi connectivity index (χ0v) is 18.3. The van der Waals surface area contributed by atoms with Crippen molar-refractivity contribution >= 4 is 34.8 Å².